The van der Waals surface area contributed by atoms with Crippen LogP contribution in [-0.2, 0) is 16.0 Å². The van der Waals surface area contributed by atoms with Crippen molar-refractivity contribution in [2.75, 3.05) is 31.6 Å². The number of nitriles is 1. The van der Waals surface area contributed by atoms with Crippen molar-refractivity contribution in [3.63, 3.8) is 0 Å². The molecule has 0 aliphatic carbocycles. The number of nitrogens with zero attached hydrogens (tertiary/aromatic N) is 4. The average Bonchev–Trinajstić information content (AvgIpc) is 3.48. The minimum absolute atomic E-state index is 0.0547. The number of halogens is 2. The highest BCUT2D eigenvalue weighted by atomic mass is 19.2. The van der Waals surface area contributed by atoms with Crippen LogP contribution in [0.3, 0.4) is 0 Å². The lowest BCUT2D eigenvalue weighted by atomic mass is 10.0. The molecule has 0 spiro atoms. The number of rotatable bonds is 12. The maximum absolute atomic E-state index is 14.9. The van der Waals surface area contributed by atoms with E-state index in [1.54, 1.807) is 34.9 Å². The lowest BCUT2D eigenvalue weighted by Gasteiger charge is -2.13. The van der Waals surface area contributed by atoms with Crippen LogP contribution in [0, 0.1) is 23.0 Å². The quantitative estimate of drug-likeness (QED) is 0.0985. The van der Waals surface area contributed by atoms with Gasteiger partial charge in [0, 0.05) is 42.3 Å². The summed E-state index contributed by atoms with van der Waals surface area (Å²) in [6, 6.07) is 8.42. The maximum atomic E-state index is 14.9. The van der Waals surface area contributed by atoms with Gasteiger partial charge in [0.1, 0.15) is 12.1 Å². The number of carbonyl (C=O) groups is 3. The average molecular weight is 625 g/mol. The molecule has 236 valence electrons. The Morgan fingerprint density at radius 1 is 1.18 bits per heavy atom. The van der Waals surface area contributed by atoms with Crippen molar-refractivity contribution in [1.82, 2.24) is 25.0 Å². The Bertz CT molecular complexity index is 1710. The van der Waals surface area contributed by atoms with Gasteiger partial charge in [0.25, 0.3) is 12.4 Å². The lowest BCUT2D eigenvalue weighted by molar-refractivity contribution is -0.123. The summed E-state index contributed by atoms with van der Waals surface area (Å²) in [6.45, 7) is 1.07. The highest BCUT2D eigenvalue weighted by Crippen LogP contribution is 2.32. The number of carbonyl (C=O) groups excluding carboxylic acids is 2. The van der Waals surface area contributed by atoms with Crippen molar-refractivity contribution in [2.45, 2.75) is 19.4 Å². The Balaban J connectivity index is 0.00000177. The van der Waals surface area contributed by atoms with E-state index in [-0.39, 0.29) is 42.5 Å². The molecule has 2 heterocycles. The second-order valence-electron chi connectivity index (χ2n) is 9.09. The molecule has 0 aliphatic heterocycles. The standard InChI is InChI=1S/C28H28F2N8O4.CH2O2/c1-2-16-13-17(3-4-18(16)27(40)34-8-9-35-28(41)20(32)15-39)37-25-26-36-14-21(38(26)11-10-33-25)19-5-6-22(42-12-7-31)24(30)23(19)29;2-1-3/h3-6,10-11,13-14,20,39H,2,8-9,12,15,32H2,1H3,(H,33,37)(H,34,40)(H,35,41);1H,(H,2,3)/t20-;/m0./s1. The van der Waals surface area contributed by atoms with Crippen LogP contribution in [0.2, 0.25) is 0 Å². The van der Waals surface area contributed by atoms with Crippen LogP contribution >= 0.6 is 0 Å². The van der Waals surface area contributed by atoms with Crippen molar-refractivity contribution in [1.29, 1.82) is 5.26 Å². The highest BCUT2D eigenvalue weighted by molar-refractivity contribution is 5.96. The number of aryl methyl sites for hydroxylation is 1. The van der Waals surface area contributed by atoms with E-state index in [2.05, 4.69) is 25.9 Å². The summed E-state index contributed by atoms with van der Waals surface area (Å²) in [5, 5.41) is 32.9. The number of nitrogens with one attached hydrogen (secondary N) is 3. The summed E-state index contributed by atoms with van der Waals surface area (Å²) in [6.07, 6.45) is 4.98. The largest absolute Gasteiger partial charge is 0.483 e. The van der Waals surface area contributed by atoms with Gasteiger partial charge in [0.2, 0.25) is 11.7 Å². The number of ether oxygens (including phenoxy) is 1. The molecule has 0 bridgehead atoms. The molecule has 0 aliphatic rings. The zero-order valence-corrected chi connectivity index (χ0v) is 24.0. The molecule has 2 aromatic carbocycles. The number of hydrogen-bond acceptors (Lipinski definition) is 10. The molecule has 7 N–H and O–H groups in total. The normalized spacial score (nSPS) is 11.0. The molecule has 4 rings (SSSR count). The number of fused-ring (bicyclic) bond motifs is 1. The number of aliphatic hydroxyl groups is 1. The molecule has 2 aromatic heterocycles. The predicted molar refractivity (Wildman–Crippen MR) is 158 cm³/mol. The van der Waals surface area contributed by atoms with Crippen molar-refractivity contribution in [3.05, 3.63) is 71.7 Å². The second-order valence-corrected chi connectivity index (χ2v) is 9.09. The smallest absolute Gasteiger partial charge is 0.290 e. The zero-order chi connectivity index (χ0) is 32.9. The van der Waals surface area contributed by atoms with E-state index in [9.17, 15) is 18.4 Å². The fraction of sp³-hybridized carbons (Fsp3) is 0.241. The second kappa shape index (κ2) is 16.3. The van der Waals surface area contributed by atoms with Gasteiger partial charge in [-0.05, 0) is 42.3 Å². The number of carboxylic acid groups (broad SMARTS) is 1. The summed E-state index contributed by atoms with van der Waals surface area (Å²) in [4.78, 5) is 41.4. The van der Waals surface area contributed by atoms with E-state index >= 15 is 0 Å². The van der Waals surface area contributed by atoms with Gasteiger partial charge in [0.05, 0.1) is 18.5 Å². The summed E-state index contributed by atoms with van der Waals surface area (Å²) in [5.41, 5.74) is 7.82. The first kappa shape index (κ1) is 33.8. The Kier molecular flexibility index (Phi) is 12.2. The van der Waals surface area contributed by atoms with Crippen LogP contribution < -0.4 is 26.4 Å². The van der Waals surface area contributed by atoms with Gasteiger partial charge in [-0.1, -0.05) is 6.92 Å². The third-order valence-electron chi connectivity index (χ3n) is 6.28. The topological polar surface area (TPSA) is 217 Å². The first-order valence-corrected chi connectivity index (χ1v) is 13.4. The number of aromatic nitrogens is 3. The summed E-state index contributed by atoms with van der Waals surface area (Å²) in [7, 11) is 0. The van der Waals surface area contributed by atoms with E-state index < -0.39 is 36.8 Å². The van der Waals surface area contributed by atoms with E-state index in [1.165, 1.54) is 24.5 Å². The summed E-state index contributed by atoms with van der Waals surface area (Å²) < 4.78 is 35.9. The molecule has 16 heteroatoms. The molecular weight excluding hydrogens is 594 g/mol. The van der Waals surface area contributed by atoms with Gasteiger partial charge in [0.15, 0.2) is 29.6 Å². The number of benzene rings is 2. The van der Waals surface area contributed by atoms with Crippen molar-refractivity contribution < 1.29 is 38.1 Å². The molecule has 0 unspecified atom stereocenters. The zero-order valence-electron chi connectivity index (χ0n) is 24.0. The van der Waals surface area contributed by atoms with Gasteiger partial charge >= 0.3 is 0 Å². The number of imidazole rings is 1. The number of aliphatic hydroxyl groups excluding tert-OH is 1. The van der Waals surface area contributed by atoms with E-state index in [4.69, 9.17) is 30.7 Å². The Morgan fingerprint density at radius 2 is 1.91 bits per heavy atom. The van der Waals surface area contributed by atoms with Crippen LogP contribution in [0.1, 0.15) is 22.8 Å². The number of nitrogens with two attached hydrogens (primary N) is 1. The van der Waals surface area contributed by atoms with Gasteiger partial charge in [-0.3, -0.25) is 18.8 Å². The van der Waals surface area contributed by atoms with E-state index in [0.29, 0.717) is 29.1 Å². The van der Waals surface area contributed by atoms with Gasteiger partial charge < -0.3 is 36.6 Å². The number of anilines is 2. The molecule has 1 atom stereocenters. The van der Waals surface area contributed by atoms with Crippen LogP contribution in [0.5, 0.6) is 5.75 Å². The predicted octanol–water partition coefficient (Wildman–Crippen LogP) is 1.75. The minimum atomic E-state index is -1.21. The molecule has 2 amide bonds. The molecule has 14 nitrogen and oxygen atoms in total. The van der Waals surface area contributed by atoms with Crippen LogP contribution in [0.4, 0.5) is 20.3 Å². The monoisotopic (exact) mass is 624 g/mol. The van der Waals surface area contributed by atoms with Gasteiger partial charge in [-0.25, -0.2) is 14.4 Å². The third-order valence-corrected chi connectivity index (χ3v) is 6.28. The summed E-state index contributed by atoms with van der Waals surface area (Å²) in [5.74, 6) is -3.21. The van der Waals surface area contributed by atoms with E-state index in [0.717, 1.165) is 5.56 Å². The Morgan fingerprint density at radius 3 is 2.60 bits per heavy atom. The van der Waals surface area contributed by atoms with Gasteiger partial charge in [-0.2, -0.15) is 9.65 Å². The Hall–Kier alpha value is -5.66. The molecule has 0 radical (unpaired) electrons. The fourth-order valence-corrected chi connectivity index (χ4v) is 4.15. The number of hydrogen-bond donors (Lipinski definition) is 6. The molecule has 45 heavy (non-hydrogen) atoms. The summed E-state index contributed by atoms with van der Waals surface area (Å²) >= 11 is 0. The number of amides is 2. The third kappa shape index (κ3) is 8.25. The molecule has 0 fully saturated rings. The van der Waals surface area contributed by atoms with Crippen molar-refractivity contribution in [2.24, 2.45) is 5.73 Å². The highest BCUT2D eigenvalue weighted by Gasteiger charge is 2.20. The SMILES string of the molecule is CCc1cc(Nc2nccn3c(-c4ccc(OCC#N)c(F)c4F)cnc23)ccc1C(=O)NCCNC(=O)[C@@H](N)CO.O=CO. The minimum Gasteiger partial charge on any atom is -0.483 e. The first-order valence-electron chi connectivity index (χ1n) is 13.4. The fourth-order valence-electron chi connectivity index (χ4n) is 4.15. The van der Waals surface area contributed by atoms with Gasteiger partial charge in [-0.15, -0.1) is 0 Å². The van der Waals surface area contributed by atoms with Crippen molar-refractivity contribution in [3.8, 4) is 23.1 Å². The van der Waals surface area contributed by atoms with E-state index in [1.807, 2.05) is 6.92 Å². The Labute approximate surface area is 255 Å². The molecular formula is C29H30F2N8O6. The lowest BCUT2D eigenvalue weighted by Crippen LogP contribution is -2.45. The first-order chi connectivity index (χ1) is 21.7. The van der Waals surface area contributed by atoms with Crippen LogP contribution in [0.25, 0.3) is 16.9 Å². The van der Waals surface area contributed by atoms with Crippen LogP contribution in [-0.4, -0.2) is 75.2 Å². The van der Waals surface area contributed by atoms with Crippen LogP contribution in [0.15, 0.2) is 48.9 Å². The molecule has 0 saturated carbocycles. The molecule has 0 saturated heterocycles. The maximum Gasteiger partial charge on any atom is 0.290 e. The van der Waals surface area contributed by atoms with Crippen molar-refractivity contribution >= 4 is 35.4 Å². The molecule has 4 aromatic rings.